The Morgan fingerprint density at radius 1 is 1.12 bits per heavy atom. The van der Waals surface area contributed by atoms with Crippen LogP contribution in [-0.2, 0) is 28.6 Å². The molecule has 34 heavy (non-hydrogen) atoms. The van der Waals surface area contributed by atoms with E-state index in [2.05, 4.69) is 5.32 Å². The van der Waals surface area contributed by atoms with E-state index in [4.69, 9.17) is 16.8 Å². The molecule has 0 spiro atoms. The summed E-state index contributed by atoms with van der Waals surface area (Å²) >= 11 is 0. The SMILES string of the molecule is [B]c1ccc(S(=O)(=O)O[C@H]2C[C@@H](C(=O)O)N(C(=O)[C@@H](NC(=O)OC(C)(C)C)C(C)(C)C)C2)cc1. The van der Waals surface area contributed by atoms with E-state index in [9.17, 15) is 27.9 Å². The maximum Gasteiger partial charge on any atom is 0.408 e. The predicted molar refractivity (Wildman–Crippen MR) is 124 cm³/mol. The van der Waals surface area contributed by atoms with E-state index in [1.165, 1.54) is 24.3 Å². The summed E-state index contributed by atoms with van der Waals surface area (Å²) in [7, 11) is 1.36. The van der Waals surface area contributed by atoms with Gasteiger partial charge in [0.15, 0.2) is 0 Å². The third-order valence-electron chi connectivity index (χ3n) is 5.04. The number of hydrogen-bond donors (Lipinski definition) is 2. The molecular weight excluding hydrogens is 463 g/mol. The van der Waals surface area contributed by atoms with E-state index in [-0.39, 0.29) is 17.9 Å². The Morgan fingerprint density at radius 3 is 2.15 bits per heavy atom. The highest BCUT2D eigenvalue weighted by Crippen LogP contribution is 2.29. The maximum atomic E-state index is 13.4. The molecule has 0 saturated carbocycles. The average molecular weight is 494 g/mol. The first-order chi connectivity index (χ1) is 15.4. The number of hydrogen-bond acceptors (Lipinski definition) is 7. The molecule has 0 aliphatic carbocycles. The molecule has 0 unspecified atom stereocenters. The number of benzene rings is 1. The summed E-state index contributed by atoms with van der Waals surface area (Å²) in [6, 6.07) is 2.89. The number of carboxylic acids is 1. The van der Waals surface area contributed by atoms with Crippen LogP contribution in [0.5, 0.6) is 0 Å². The van der Waals surface area contributed by atoms with Crippen LogP contribution in [0.25, 0.3) is 0 Å². The van der Waals surface area contributed by atoms with Crippen molar-refractivity contribution < 1.29 is 36.8 Å². The van der Waals surface area contributed by atoms with Crippen LogP contribution >= 0.6 is 0 Å². The van der Waals surface area contributed by atoms with Crippen molar-refractivity contribution in [2.75, 3.05) is 6.54 Å². The first-order valence-electron chi connectivity index (χ1n) is 10.7. The minimum Gasteiger partial charge on any atom is -0.480 e. The van der Waals surface area contributed by atoms with E-state index < -0.39 is 57.3 Å². The number of aliphatic carboxylic acids is 1. The summed E-state index contributed by atoms with van der Waals surface area (Å²) in [6.45, 7) is 9.85. The Hall–Kier alpha value is -2.60. The lowest BCUT2D eigenvalue weighted by Crippen LogP contribution is -2.57. The van der Waals surface area contributed by atoms with E-state index in [1.54, 1.807) is 41.5 Å². The Labute approximate surface area is 201 Å². The molecule has 1 aliphatic heterocycles. The van der Waals surface area contributed by atoms with Crippen LogP contribution in [0.3, 0.4) is 0 Å². The third kappa shape index (κ3) is 7.20. The summed E-state index contributed by atoms with van der Waals surface area (Å²) in [5.74, 6) is -1.99. The molecule has 0 bridgehead atoms. The summed E-state index contributed by atoms with van der Waals surface area (Å²) in [5, 5.41) is 12.2. The molecular formula is C22H31BN2O8S. The second-order valence-electron chi connectivity index (χ2n) is 10.3. The minimum absolute atomic E-state index is 0.141. The zero-order valence-corrected chi connectivity index (χ0v) is 21.0. The third-order valence-corrected chi connectivity index (χ3v) is 6.41. The van der Waals surface area contributed by atoms with E-state index in [0.29, 0.717) is 5.46 Å². The zero-order chi connectivity index (χ0) is 26.1. The molecule has 1 aliphatic rings. The van der Waals surface area contributed by atoms with Crippen molar-refractivity contribution in [1.82, 2.24) is 10.2 Å². The van der Waals surface area contributed by atoms with Gasteiger partial charge in [0, 0.05) is 13.0 Å². The highest BCUT2D eigenvalue weighted by Gasteiger charge is 2.46. The van der Waals surface area contributed by atoms with Gasteiger partial charge >= 0.3 is 12.1 Å². The zero-order valence-electron chi connectivity index (χ0n) is 20.2. The van der Waals surface area contributed by atoms with Crippen LogP contribution < -0.4 is 10.8 Å². The molecule has 1 aromatic rings. The smallest absolute Gasteiger partial charge is 0.408 e. The standard InChI is InChI=1S/C22H31BN2O8S/c1-21(2,3)17(24-20(29)32-22(4,5)6)18(26)25-12-14(11-16(25)19(27)28)33-34(30,31)15-9-7-13(23)8-10-15/h7-10,14,16-17H,11-12H2,1-6H3,(H,24,29)(H,27,28)/t14-,16-,17+/m0/s1. The van der Waals surface area contributed by atoms with Crippen LogP contribution in [0, 0.1) is 5.41 Å². The fraction of sp³-hybridized carbons (Fsp3) is 0.591. The van der Waals surface area contributed by atoms with Crippen LogP contribution in [0.15, 0.2) is 29.2 Å². The van der Waals surface area contributed by atoms with Gasteiger partial charge in [-0.1, -0.05) is 38.4 Å². The van der Waals surface area contributed by atoms with Crippen LogP contribution in [0.4, 0.5) is 4.79 Å². The lowest BCUT2D eigenvalue weighted by molar-refractivity contribution is -0.150. The molecule has 12 heteroatoms. The molecule has 0 aromatic heterocycles. The second-order valence-corrected chi connectivity index (χ2v) is 11.8. The van der Waals surface area contributed by atoms with Gasteiger partial charge in [0.1, 0.15) is 25.5 Å². The molecule has 2 rings (SSSR count). The molecule has 1 saturated heterocycles. The number of nitrogens with one attached hydrogen (secondary N) is 1. The number of carbonyl (C=O) groups excluding carboxylic acids is 2. The lowest BCUT2D eigenvalue weighted by Gasteiger charge is -2.35. The van der Waals surface area contributed by atoms with Crippen LogP contribution in [0.1, 0.15) is 48.0 Å². The Morgan fingerprint density at radius 2 is 1.68 bits per heavy atom. The fourth-order valence-electron chi connectivity index (χ4n) is 3.45. The van der Waals surface area contributed by atoms with Crippen LogP contribution in [0.2, 0.25) is 0 Å². The van der Waals surface area contributed by atoms with Gasteiger partial charge in [-0.25, -0.2) is 9.59 Å². The number of carboxylic acid groups (broad SMARTS) is 1. The van der Waals surface area contributed by atoms with Gasteiger partial charge in [0.05, 0.1) is 11.0 Å². The van der Waals surface area contributed by atoms with Crippen molar-refractivity contribution in [2.24, 2.45) is 5.41 Å². The number of carbonyl (C=O) groups is 3. The monoisotopic (exact) mass is 494 g/mol. The lowest BCUT2D eigenvalue weighted by atomic mass is 9.85. The quantitative estimate of drug-likeness (QED) is 0.444. The minimum atomic E-state index is -4.22. The maximum absolute atomic E-state index is 13.4. The average Bonchev–Trinajstić information content (AvgIpc) is 3.07. The van der Waals surface area contributed by atoms with Gasteiger partial charge in [-0.05, 0) is 38.3 Å². The fourth-order valence-corrected chi connectivity index (χ4v) is 4.53. The molecule has 2 radical (unpaired) electrons. The van der Waals surface area contributed by atoms with Gasteiger partial charge < -0.3 is 20.1 Å². The molecule has 3 atom stereocenters. The molecule has 10 nitrogen and oxygen atoms in total. The van der Waals surface area contributed by atoms with E-state index in [0.717, 1.165) is 4.90 Å². The molecule has 1 aromatic carbocycles. The van der Waals surface area contributed by atoms with Crippen molar-refractivity contribution in [3.8, 4) is 0 Å². The summed E-state index contributed by atoms with van der Waals surface area (Å²) < 4.78 is 35.8. The van der Waals surface area contributed by atoms with Gasteiger partial charge in [-0.3, -0.25) is 8.98 Å². The first kappa shape index (κ1) is 27.6. The van der Waals surface area contributed by atoms with E-state index >= 15 is 0 Å². The molecule has 2 amide bonds. The number of amides is 2. The Balaban J connectivity index is 2.25. The highest BCUT2D eigenvalue weighted by atomic mass is 32.2. The Kier molecular flexibility index (Phi) is 8.09. The topological polar surface area (TPSA) is 139 Å². The van der Waals surface area contributed by atoms with Gasteiger partial charge in [-0.2, -0.15) is 8.42 Å². The number of rotatable bonds is 6. The summed E-state index contributed by atoms with van der Waals surface area (Å²) in [5.41, 5.74) is -1.23. The van der Waals surface area contributed by atoms with Crippen molar-refractivity contribution in [1.29, 1.82) is 0 Å². The summed E-state index contributed by atoms with van der Waals surface area (Å²) in [4.78, 5) is 38.5. The van der Waals surface area contributed by atoms with E-state index in [1.807, 2.05) is 0 Å². The molecule has 186 valence electrons. The van der Waals surface area contributed by atoms with Gasteiger partial charge in [-0.15, -0.1) is 0 Å². The first-order valence-corrected chi connectivity index (χ1v) is 12.1. The number of nitrogens with zero attached hydrogens (tertiary/aromatic N) is 1. The molecule has 2 N–H and O–H groups in total. The van der Waals surface area contributed by atoms with Crippen LogP contribution in [-0.4, -0.2) is 74.6 Å². The predicted octanol–water partition coefficient (Wildman–Crippen LogP) is 1.18. The van der Waals surface area contributed by atoms with Crippen molar-refractivity contribution >= 4 is 41.4 Å². The summed E-state index contributed by atoms with van der Waals surface area (Å²) in [6.07, 6.45) is -2.15. The van der Waals surface area contributed by atoms with Gasteiger partial charge in [0.25, 0.3) is 10.1 Å². The number of likely N-dealkylation sites (tertiary alicyclic amines) is 1. The Bertz CT molecular complexity index is 1030. The largest absolute Gasteiger partial charge is 0.480 e. The highest BCUT2D eigenvalue weighted by molar-refractivity contribution is 7.86. The van der Waals surface area contributed by atoms with Crippen molar-refractivity contribution in [2.45, 2.75) is 76.6 Å². The normalized spacial score (nSPS) is 20.0. The number of alkyl carbamates (subject to hydrolysis) is 1. The van der Waals surface area contributed by atoms with Crippen molar-refractivity contribution in [3.05, 3.63) is 24.3 Å². The van der Waals surface area contributed by atoms with Crippen molar-refractivity contribution in [3.63, 3.8) is 0 Å². The molecule has 1 fully saturated rings. The number of ether oxygens (including phenoxy) is 1. The molecule has 1 heterocycles. The van der Waals surface area contributed by atoms with Gasteiger partial charge in [0.2, 0.25) is 5.91 Å². The second kappa shape index (κ2) is 9.95.